The van der Waals surface area contributed by atoms with Gasteiger partial charge in [-0.05, 0) is 0 Å². The zero-order valence-corrected chi connectivity index (χ0v) is 7.50. The van der Waals surface area contributed by atoms with E-state index in [1.54, 1.807) is 0 Å². The number of aliphatic carboxylic acids is 1. The number of H-pyrrole nitrogens is 1. The Bertz CT molecular complexity index is 198. The number of rotatable bonds is 2. The van der Waals surface area contributed by atoms with Crippen LogP contribution < -0.4 is 34.7 Å². The molecule has 1 N–H and O–H groups in total. The Kier molecular flexibility index (Phi) is 4.26. The molecule has 1 rings (SSSR count). The molecule has 0 aliphatic heterocycles. The van der Waals surface area contributed by atoms with E-state index in [2.05, 4.69) is 15.2 Å². The predicted molar refractivity (Wildman–Crippen MR) is 25.1 cm³/mol. The van der Waals surface area contributed by atoms with Crippen LogP contribution in [0.3, 0.4) is 0 Å². The largest absolute Gasteiger partial charge is 1.00 e. The van der Waals surface area contributed by atoms with Crippen molar-refractivity contribution in [2.45, 2.75) is 6.42 Å². The molecule has 48 valence electrons. The normalized spacial score (nSPS) is 8.40. The Morgan fingerprint density at radius 2 is 2.50 bits per heavy atom. The maximum atomic E-state index is 9.87. The van der Waals surface area contributed by atoms with E-state index < -0.39 is 5.97 Å². The second-order valence-electron chi connectivity index (χ2n) is 1.48. The van der Waals surface area contributed by atoms with Crippen molar-refractivity contribution in [1.82, 2.24) is 15.2 Å². The fraction of sp³-hybridized carbons (Fsp3) is 0.250. The van der Waals surface area contributed by atoms with Crippen molar-refractivity contribution >= 4 is 5.97 Å². The van der Waals surface area contributed by atoms with Gasteiger partial charge in [-0.1, -0.05) is 0 Å². The minimum Gasteiger partial charge on any atom is -0.550 e. The summed E-state index contributed by atoms with van der Waals surface area (Å²) in [6, 6.07) is 0. The van der Waals surface area contributed by atoms with Crippen LogP contribution in [-0.4, -0.2) is 21.2 Å². The van der Waals surface area contributed by atoms with Crippen molar-refractivity contribution in [3.63, 3.8) is 0 Å². The van der Waals surface area contributed by atoms with Crippen LogP contribution in [0, 0.1) is 0 Å². The second kappa shape index (κ2) is 4.43. The van der Waals surface area contributed by atoms with Gasteiger partial charge >= 0.3 is 29.6 Å². The number of carbonyl (C=O) groups excluding carboxylic acids is 1. The SMILES string of the molecule is O=C([O-])Cc1ncn[nH]1.[Na+]. The van der Waals surface area contributed by atoms with E-state index in [1.807, 2.05) is 0 Å². The summed E-state index contributed by atoms with van der Waals surface area (Å²) in [7, 11) is 0. The number of aromatic amines is 1. The summed E-state index contributed by atoms with van der Waals surface area (Å²) >= 11 is 0. The van der Waals surface area contributed by atoms with Crippen LogP contribution >= 0.6 is 0 Å². The van der Waals surface area contributed by atoms with Gasteiger partial charge in [-0.25, -0.2) is 4.98 Å². The third kappa shape index (κ3) is 2.95. The number of nitrogens with zero attached hydrogens (tertiary/aromatic N) is 2. The zero-order valence-electron chi connectivity index (χ0n) is 5.50. The summed E-state index contributed by atoms with van der Waals surface area (Å²) in [6.45, 7) is 0. The van der Waals surface area contributed by atoms with E-state index in [4.69, 9.17) is 0 Å². The van der Waals surface area contributed by atoms with Gasteiger partial charge in [0.25, 0.3) is 0 Å². The van der Waals surface area contributed by atoms with Crippen LogP contribution in [0.2, 0.25) is 0 Å². The van der Waals surface area contributed by atoms with Crippen LogP contribution in [0.25, 0.3) is 0 Å². The molecule has 0 unspecified atom stereocenters. The first-order chi connectivity index (χ1) is 4.29. The number of carboxylic acid groups (broad SMARTS) is 1. The van der Waals surface area contributed by atoms with Gasteiger partial charge < -0.3 is 9.90 Å². The van der Waals surface area contributed by atoms with Crippen LogP contribution in [0.4, 0.5) is 0 Å². The number of nitrogens with one attached hydrogen (secondary N) is 1. The van der Waals surface area contributed by atoms with E-state index in [0.29, 0.717) is 5.82 Å². The van der Waals surface area contributed by atoms with Crippen LogP contribution in [0.1, 0.15) is 5.82 Å². The summed E-state index contributed by atoms with van der Waals surface area (Å²) in [6.07, 6.45) is 1.04. The summed E-state index contributed by atoms with van der Waals surface area (Å²) in [5.41, 5.74) is 0. The molecule has 0 saturated carbocycles. The number of carboxylic acids is 1. The number of carbonyl (C=O) groups is 1. The van der Waals surface area contributed by atoms with E-state index in [-0.39, 0.29) is 36.0 Å². The summed E-state index contributed by atoms with van der Waals surface area (Å²) in [5.74, 6) is -0.846. The summed E-state index contributed by atoms with van der Waals surface area (Å²) < 4.78 is 0. The minimum atomic E-state index is -1.16. The van der Waals surface area contributed by atoms with Crippen molar-refractivity contribution in [3.8, 4) is 0 Å². The Hall–Kier alpha value is -0.390. The third-order valence-electron chi connectivity index (χ3n) is 0.777. The molecule has 0 aromatic carbocycles. The first-order valence-electron chi connectivity index (χ1n) is 2.33. The van der Waals surface area contributed by atoms with Gasteiger partial charge in [0.1, 0.15) is 12.2 Å². The molecule has 0 fully saturated rings. The van der Waals surface area contributed by atoms with Crippen molar-refractivity contribution < 1.29 is 39.5 Å². The molecule has 6 heteroatoms. The summed E-state index contributed by atoms with van der Waals surface area (Å²) in [4.78, 5) is 13.4. The molecule has 10 heavy (non-hydrogen) atoms. The minimum absolute atomic E-state index is 0. The molecule has 0 spiro atoms. The van der Waals surface area contributed by atoms with Crippen molar-refractivity contribution in [3.05, 3.63) is 12.2 Å². The number of hydrogen-bond acceptors (Lipinski definition) is 4. The Balaban J connectivity index is 0.000000810. The molecule has 0 radical (unpaired) electrons. The predicted octanol–water partition coefficient (Wildman–Crippen LogP) is -4.90. The second-order valence-corrected chi connectivity index (χ2v) is 1.48. The molecule has 1 aromatic rings. The molecule has 0 bridgehead atoms. The smallest absolute Gasteiger partial charge is 0.550 e. The maximum absolute atomic E-state index is 9.87. The number of hydrogen-bond donors (Lipinski definition) is 1. The van der Waals surface area contributed by atoms with E-state index in [1.165, 1.54) is 6.33 Å². The van der Waals surface area contributed by atoms with Gasteiger partial charge in [0.15, 0.2) is 0 Å². The Labute approximate surface area is 79.1 Å². The zero-order chi connectivity index (χ0) is 6.69. The fourth-order valence-corrected chi connectivity index (χ4v) is 0.453. The summed E-state index contributed by atoms with van der Waals surface area (Å²) in [5, 5.41) is 15.7. The Morgan fingerprint density at radius 1 is 1.80 bits per heavy atom. The monoisotopic (exact) mass is 149 g/mol. The first-order valence-corrected chi connectivity index (χ1v) is 2.33. The van der Waals surface area contributed by atoms with Crippen molar-refractivity contribution in [2.24, 2.45) is 0 Å². The molecule has 0 saturated heterocycles. The van der Waals surface area contributed by atoms with Gasteiger partial charge in [-0.3, -0.25) is 5.10 Å². The van der Waals surface area contributed by atoms with Crippen LogP contribution in [0.5, 0.6) is 0 Å². The third-order valence-corrected chi connectivity index (χ3v) is 0.777. The van der Waals surface area contributed by atoms with E-state index in [9.17, 15) is 9.90 Å². The quantitative estimate of drug-likeness (QED) is 0.427. The van der Waals surface area contributed by atoms with Gasteiger partial charge in [-0.2, -0.15) is 5.10 Å². The Morgan fingerprint density at radius 3 is 2.90 bits per heavy atom. The van der Waals surface area contributed by atoms with Gasteiger partial charge in [0.05, 0.1) is 0 Å². The van der Waals surface area contributed by atoms with Gasteiger partial charge in [-0.15, -0.1) is 0 Å². The molecule has 0 atom stereocenters. The van der Waals surface area contributed by atoms with E-state index in [0.717, 1.165) is 0 Å². The number of aromatic nitrogens is 3. The topological polar surface area (TPSA) is 81.7 Å². The van der Waals surface area contributed by atoms with Gasteiger partial charge in [0, 0.05) is 12.4 Å². The fourth-order valence-electron chi connectivity index (χ4n) is 0.453. The molecule has 0 aliphatic rings. The molecular formula is C4H4N3NaO2. The molecular weight excluding hydrogens is 145 g/mol. The first kappa shape index (κ1) is 9.61. The molecule has 1 heterocycles. The maximum Gasteiger partial charge on any atom is 1.00 e. The molecule has 5 nitrogen and oxygen atoms in total. The molecule has 0 amide bonds. The molecule has 0 aliphatic carbocycles. The standard InChI is InChI=1S/C4H5N3O2.Na/c8-4(9)1-3-5-2-6-7-3;/h2H,1H2,(H,8,9)(H,5,6,7);/q;+1/p-1. The molecule has 1 aromatic heterocycles. The van der Waals surface area contributed by atoms with Crippen molar-refractivity contribution in [2.75, 3.05) is 0 Å². The van der Waals surface area contributed by atoms with Crippen LogP contribution in [0.15, 0.2) is 6.33 Å². The average molecular weight is 149 g/mol. The van der Waals surface area contributed by atoms with Crippen LogP contribution in [-0.2, 0) is 11.2 Å². The average Bonchev–Trinajstić information content (AvgIpc) is 2.15. The van der Waals surface area contributed by atoms with Crippen molar-refractivity contribution in [1.29, 1.82) is 0 Å². The van der Waals surface area contributed by atoms with Gasteiger partial charge in [0.2, 0.25) is 0 Å². The van der Waals surface area contributed by atoms with E-state index >= 15 is 0 Å².